The molecule has 0 spiro atoms. The summed E-state index contributed by atoms with van der Waals surface area (Å²) in [6, 6.07) is 13.0. The van der Waals surface area contributed by atoms with Gasteiger partial charge in [-0.2, -0.15) is 0 Å². The molecular weight excluding hydrogens is 963 g/mol. The molecule has 2 amide bonds. The highest BCUT2D eigenvalue weighted by molar-refractivity contribution is 6.03. The average molecular weight is 1020 g/mol. The van der Waals surface area contributed by atoms with Crippen molar-refractivity contribution in [1.29, 1.82) is 0 Å². The van der Waals surface area contributed by atoms with Crippen LogP contribution >= 0.6 is 0 Å². The predicted octanol–water partition coefficient (Wildman–Crippen LogP) is 5.66. The smallest absolute Gasteiger partial charge is 0.407 e. The first kappa shape index (κ1) is 55.8. The van der Waals surface area contributed by atoms with Crippen molar-refractivity contribution in [3.05, 3.63) is 88.1 Å². The van der Waals surface area contributed by atoms with Gasteiger partial charge in [-0.05, 0) is 87.6 Å². The van der Waals surface area contributed by atoms with Gasteiger partial charge in [0.1, 0.15) is 67.8 Å². The number of anilines is 2. The lowest BCUT2D eigenvalue weighted by Crippen LogP contribution is -2.36. The number of phenolic OH excluding ortho intramolecular Hbond substituents is 1. The Morgan fingerprint density at radius 2 is 1.23 bits per heavy atom. The Morgan fingerprint density at radius 1 is 0.658 bits per heavy atom. The molecule has 0 radical (unpaired) electrons. The molecule has 0 saturated heterocycles. The second kappa shape index (κ2) is 25.8. The highest BCUT2D eigenvalue weighted by Gasteiger charge is 2.26. The molecule has 3 aromatic rings. The predicted molar refractivity (Wildman–Crippen MR) is 261 cm³/mol. The van der Waals surface area contributed by atoms with E-state index < -0.39 is 84.6 Å². The molecule has 5 rings (SSSR count). The normalized spacial score (nSPS) is 11.1. The first-order valence-electron chi connectivity index (χ1n) is 22.9. The first-order valence-corrected chi connectivity index (χ1v) is 22.9. The van der Waals surface area contributed by atoms with Gasteiger partial charge in [0.25, 0.3) is 0 Å². The van der Waals surface area contributed by atoms with Gasteiger partial charge in [-0.25, -0.2) is 13.6 Å². The SMILES string of the molecule is COC(=O)CN(CC(=O)OC)c1ccc(-c2c3cc(F)c(=O)cc-3oc3cc(O)c(F)cc23)cc1OCCOc1ccc(CC(=O)NCCCCCNC(=O)OC(C)(C)C)cc1N(CC(=O)OC)CC(=O)OC. The van der Waals surface area contributed by atoms with Gasteiger partial charge in [0.15, 0.2) is 17.4 Å². The van der Waals surface area contributed by atoms with Crippen LogP contribution in [0.15, 0.2) is 69.9 Å². The van der Waals surface area contributed by atoms with Crippen LogP contribution in [-0.2, 0) is 54.1 Å². The van der Waals surface area contributed by atoms with Crippen LogP contribution in [0, 0.1) is 11.6 Å². The maximum atomic E-state index is 15.0. The van der Waals surface area contributed by atoms with Crippen molar-refractivity contribution in [3.8, 4) is 39.7 Å². The lowest BCUT2D eigenvalue weighted by atomic mass is 9.93. The second-order valence-electron chi connectivity index (χ2n) is 17.3. The Bertz CT molecular complexity index is 2790. The number of nitrogens with zero attached hydrogens (tertiary/aromatic N) is 2. The van der Waals surface area contributed by atoms with Gasteiger partial charge in [-0.1, -0.05) is 12.1 Å². The third-order valence-electron chi connectivity index (χ3n) is 10.8. The van der Waals surface area contributed by atoms with Crippen molar-refractivity contribution in [2.45, 2.75) is 52.1 Å². The van der Waals surface area contributed by atoms with Crippen LogP contribution < -0.4 is 35.3 Å². The van der Waals surface area contributed by atoms with Gasteiger partial charge in [0.2, 0.25) is 11.3 Å². The number of hydrogen-bond acceptors (Lipinski definition) is 18. The molecule has 0 fully saturated rings. The molecular formula is C51H58F2N4O16. The molecule has 3 aromatic carbocycles. The quantitative estimate of drug-likeness (QED) is 0.0292. The fourth-order valence-corrected chi connectivity index (χ4v) is 7.34. The van der Waals surface area contributed by atoms with E-state index in [1.165, 1.54) is 48.3 Å². The number of phenols is 1. The largest absolute Gasteiger partial charge is 0.505 e. The molecule has 73 heavy (non-hydrogen) atoms. The third kappa shape index (κ3) is 15.9. The fraction of sp³-hybridized carbons (Fsp3) is 0.392. The number of carbonyl (C=O) groups is 6. The van der Waals surface area contributed by atoms with Gasteiger partial charge >= 0.3 is 30.0 Å². The zero-order chi connectivity index (χ0) is 53.4. The van der Waals surface area contributed by atoms with Crippen LogP contribution in [-0.4, -0.2) is 128 Å². The Balaban J connectivity index is 1.44. The number of unbranched alkanes of at least 4 members (excludes halogenated alkanes) is 2. The van der Waals surface area contributed by atoms with Crippen LogP contribution in [0.1, 0.15) is 45.6 Å². The molecule has 0 bridgehead atoms. The fourth-order valence-electron chi connectivity index (χ4n) is 7.34. The number of halogens is 2. The Morgan fingerprint density at radius 3 is 1.82 bits per heavy atom. The van der Waals surface area contributed by atoms with Crippen LogP contribution in [0.25, 0.3) is 33.4 Å². The van der Waals surface area contributed by atoms with Crippen molar-refractivity contribution < 1.29 is 80.2 Å². The summed E-state index contributed by atoms with van der Waals surface area (Å²) in [5.74, 6) is -6.04. The number of methoxy groups -OCH3 is 4. The van der Waals surface area contributed by atoms with Crippen molar-refractivity contribution in [3.63, 3.8) is 0 Å². The highest BCUT2D eigenvalue weighted by Crippen LogP contribution is 2.44. The number of alkyl carbamates (subject to hydrolysis) is 1. The van der Waals surface area contributed by atoms with E-state index in [-0.39, 0.29) is 81.8 Å². The Labute approximate surface area is 418 Å². The molecule has 20 nitrogen and oxygen atoms in total. The molecule has 0 atom stereocenters. The topological polar surface area (TPSA) is 248 Å². The van der Waals surface area contributed by atoms with Gasteiger partial charge in [-0.3, -0.25) is 28.8 Å². The van der Waals surface area contributed by atoms with Gasteiger partial charge in [0, 0.05) is 41.7 Å². The molecule has 0 aromatic heterocycles. The molecule has 392 valence electrons. The van der Waals surface area contributed by atoms with E-state index in [0.29, 0.717) is 37.9 Å². The highest BCUT2D eigenvalue weighted by atomic mass is 19.1. The number of amides is 2. The second-order valence-corrected chi connectivity index (χ2v) is 17.3. The average Bonchev–Trinajstić information content (AvgIpc) is 3.34. The lowest BCUT2D eigenvalue weighted by Gasteiger charge is -2.26. The number of aromatic hydroxyl groups is 1. The number of fused-ring (bicyclic) bond motifs is 2. The van der Waals surface area contributed by atoms with Crippen molar-refractivity contribution in [2.24, 2.45) is 0 Å². The van der Waals surface area contributed by atoms with Gasteiger partial charge in [0.05, 0.1) is 46.2 Å². The number of benzene rings is 4. The molecule has 3 N–H and O–H groups in total. The third-order valence-corrected chi connectivity index (χ3v) is 10.8. The summed E-state index contributed by atoms with van der Waals surface area (Å²) >= 11 is 0. The molecule has 0 saturated carbocycles. The molecule has 22 heteroatoms. The van der Waals surface area contributed by atoms with E-state index in [9.17, 15) is 43.1 Å². The minimum atomic E-state index is -1.13. The van der Waals surface area contributed by atoms with Crippen LogP contribution in [0.4, 0.5) is 25.0 Å². The van der Waals surface area contributed by atoms with E-state index in [1.807, 2.05) is 0 Å². The Kier molecular flexibility index (Phi) is 19.7. The number of esters is 4. The number of ether oxygens (including phenoxy) is 7. The van der Waals surface area contributed by atoms with Crippen LogP contribution in [0.5, 0.6) is 17.2 Å². The maximum Gasteiger partial charge on any atom is 0.407 e. The van der Waals surface area contributed by atoms with E-state index >= 15 is 4.39 Å². The van der Waals surface area contributed by atoms with Gasteiger partial charge in [-0.15, -0.1) is 0 Å². The summed E-state index contributed by atoms with van der Waals surface area (Å²) in [4.78, 5) is 90.7. The first-order chi connectivity index (χ1) is 34.7. The molecule has 1 heterocycles. The zero-order valence-electron chi connectivity index (χ0n) is 41.5. The summed E-state index contributed by atoms with van der Waals surface area (Å²) in [7, 11) is 4.66. The van der Waals surface area contributed by atoms with E-state index in [0.717, 1.165) is 38.5 Å². The zero-order valence-corrected chi connectivity index (χ0v) is 41.5. The summed E-state index contributed by atoms with van der Waals surface area (Å²) in [5.41, 5.74) is -0.327. The standard InChI is InChI=1S/C51H58F2N4O16/c1-51(2,3)73-50(65)55-16-10-8-9-15-54-44(60)20-30-11-14-40(37(19-30)57(28-47(63)68-6)29-48(64)69-7)70-17-18-71-43-21-31(12-13-36(43)56(26-45(61)66-4)27-46(62)67-5)49-32-22-34(52)38(58)24-41(32)72-42-25-39(59)35(53)23-33(42)49/h11-14,19,21-25,58H,8-10,15-18,20,26-29H2,1-7H3,(H,54,60)(H,55,65). The maximum absolute atomic E-state index is 15.0. The van der Waals surface area contributed by atoms with E-state index in [2.05, 4.69) is 10.6 Å². The number of rotatable bonds is 24. The van der Waals surface area contributed by atoms with E-state index in [1.54, 1.807) is 32.9 Å². The van der Waals surface area contributed by atoms with Crippen molar-refractivity contribution >= 4 is 58.2 Å². The van der Waals surface area contributed by atoms with Crippen LogP contribution in [0.2, 0.25) is 0 Å². The number of carbonyl (C=O) groups excluding carboxylic acids is 6. The van der Waals surface area contributed by atoms with E-state index in [4.69, 9.17) is 37.6 Å². The van der Waals surface area contributed by atoms with Crippen LogP contribution in [0.3, 0.4) is 0 Å². The lowest BCUT2D eigenvalue weighted by molar-refractivity contribution is -0.141. The minimum Gasteiger partial charge on any atom is -0.505 e. The number of hydrogen-bond donors (Lipinski definition) is 3. The summed E-state index contributed by atoms with van der Waals surface area (Å²) in [6.07, 6.45) is 1.42. The molecule has 2 aliphatic rings. The number of nitrogens with one attached hydrogen (secondary N) is 2. The summed E-state index contributed by atoms with van der Waals surface area (Å²) in [6.45, 7) is 3.80. The summed E-state index contributed by atoms with van der Waals surface area (Å²) in [5, 5.41) is 15.9. The Hall–Kier alpha value is -8.17. The van der Waals surface area contributed by atoms with Crippen molar-refractivity contribution in [1.82, 2.24) is 10.6 Å². The molecule has 1 aliphatic carbocycles. The molecule has 0 unspecified atom stereocenters. The summed E-state index contributed by atoms with van der Waals surface area (Å²) < 4.78 is 73.1. The molecule has 1 aliphatic heterocycles. The minimum absolute atomic E-state index is 0.00762. The van der Waals surface area contributed by atoms with Crippen molar-refractivity contribution in [2.75, 3.05) is 90.7 Å². The van der Waals surface area contributed by atoms with Gasteiger partial charge < -0.3 is 63.1 Å². The monoisotopic (exact) mass is 1020 g/mol.